The first-order valence-electron chi connectivity index (χ1n) is 6.32. The third-order valence-corrected chi connectivity index (χ3v) is 4.23. The van der Waals surface area contributed by atoms with Gasteiger partial charge in [-0.15, -0.1) is 0 Å². The minimum Gasteiger partial charge on any atom is -0.477 e. The zero-order valence-electron chi connectivity index (χ0n) is 11.1. The van der Waals surface area contributed by atoms with E-state index in [1.54, 1.807) is 36.4 Å². The summed E-state index contributed by atoms with van der Waals surface area (Å²) in [6.45, 7) is 0. The molecule has 0 saturated carbocycles. The Morgan fingerprint density at radius 3 is 2.45 bits per heavy atom. The number of carboxylic acids is 1. The number of aromatic carboxylic acids is 1. The molecule has 3 rings (SSSR count). The number of pyridine rings is 1. The predicted octanol–water partition coefficient (Wildman–Crippen LogP) is 4.15. The number of halogens is 2. The summed E-state index contributed by atoms with van der Waals surface area (Å²) in [4.78, 5) is 27.2. The van der Waals surface area contributed by atoms with Crippen LogP contribution < -0.4 is 5.43 Å². The number of nitrogens with one attached hydrogen (secondary N) is 1. The van der Waals surface area contributed by atoms with Crippen LogP contribution in [-0.4, -0.2) is 16.1 Å². The van der Waals surface area contributed by atoms with Crippen LogP contribution in [0, 0.1) is 3.57 Å². The van der Waals surface area contributed by atoms with Gasteiger partial charge in [-0.2, -0.15) is 0 Å². The van der Waals surface area contributed by atoms with Gasteiger partial charge in [0.15, 0.2) is 0 Å². The second-order valence-corrected chi connectivity index (χ2v) is 6.39. The number of hydrogen-bond acceptors (Lipinski definition) is 2. The molecule has 0 saturated heterocycles. The van der Waals surface area contributed by atoms with Crippen molar-refractivity contribution in [2.75, 3.05) is 0 Å². The first-order chi connectivity index (χ1) is 10.5. The van der Waals surface area contributed by atoms with Crippen molar-refractivity contribution in [2.45, 2.75) is 0 Å². The van der Waals surface area contributed by atoms with Gasteiger partial charge in [-0.05, 0) is 58.5 Å². The van der Waals surface area contributed by atoms with E-state index < -0.39 is 11.4 Å². The highest BCUT2D eigenvalue weighted by molar-refractivity contribution is 14.1. The molecule has 2 aromatic carbocycles. The van der Waals surface area contributed by atoms with E-state index in [9.17, 15) is 14.7 Å². The van der Waals surface area contributed by atoms with Gasteiger partial charge in [0.1, 0.15) is 5.56 Å². The quantitative estimate of drug-likeness (QED) is 0.606. The fourth-order valence-corrected chi connectivity index (χ4v) is 2.91. The number of fused-ring (bicyclic) bond motifs is 1. The molecule has 0 amide bonds. The van der Waals surface area contributed by atoms with Crippen molar-refractivity contribution >= 4 is 51.1 Å². The normalized spacial score (nSPS) is 10.8. The number of aromatic nitrogens is 1. The Labute approximate surface area is 143 Å². The molecular formula is C16H9ClINO3. The summed E-state index contributed by atoms with van der Waals surface area (Å²) in [6, 6.07) is 12.0. The van der Waals surface area contributed by atoms with Gasteiger partial charge < -0.3 is 10.1 Å². The largest absolute Gasteiger partial charge is 0.477 e. The Morgan fingerprint density at radius 1 is 1.14 bits per heavy atom. The number of carboxylic acid groups (broad SMARTS) is 1. The number of H-pyrrole nitrogens is 1. The lowest BCUT2D eigenvalue weighted by Crippen LogP contribution is -2.18. The molecule has 0 atom stereocenters. The molecule has 0 fully saturated rings. The average molecular weight is 426 g/mol. The van der Waals surface area contributed by atoms with Gasteiger partial charge in [0.25, 0.3) is 0 Å². The molecule has 22 heavy (non-hydrogen) atoms. The van der Waals surface area contributed by atoms with E-state index in [2.05, 4.69) is 27.6 Å². The molecular weight excluding hydrogens is 417 g/mol. The maximum Gasteiger partial charge on any atom is 0.341 e. The van der Waals surface area contributed by atoms with Crippen molar-refractivity contribution in [1.29, 1.82) is 0 Å². The van der Waals surface area contributed by atoms with Crippen LogP contribution in [0.4, 0.5) is 0 Å². The minimum absolute atomic E-state index is 0.267. The van der Waals surface area contributed by atoms with E-state index in [1.807, 2.05) is 6.07 Å². The van der Waals surface area contributed by atoms with Gasteiger partial charge in [0.2, 0.25) is 5.43 Å². The van der Waals surface area contributed by atoms with Gasteiger partial charge in [0.05, 0.1) is 5.69 Å². The molecule has 0 aliphatic heterocycles. The van der Waals surface area contributed by atoms with Gasteiger partial charge in [0, 0.05) is 19.5 Å². The van der Waals surface area contributed by atoms with E-state index in [4.69, 9.17) is 11.6 Å². The highest BCUT2D eigenvalue weighted by Crippen LogP contribution is 2.24. The van der Waals surface area contributed by atoms with Crippen molar-refractivity contribution in [1.82, 2.24) is 4.98 Å². The highest BCUT2D eigenvalue weighted by atomic mass is 127. The van der Waals surface area contributed by atoms with E-state index >= 15 is 0 Å². The summed E-state index contributed by atoms with van der Waals surface area (Å²) in [5.74, 6) is -1.26. The van der Waals surface area contributed by atoms with Crippen LogP contribution in [0.5, 0.6) is 0 Å². The lowest BCUT2D eigenvalue weighted by atomic mass is 10.0. The molecule has 2 N–H and O–H groups in total. The van der Waals surface area contributed by atoms with Crippen LogP contribution in [0.3, 0.4) is 0 Å². The molecule has 4 nitrogen and oxygen atoms in total. The number of rotatable bonds is 2. The van der Waals surface area contributed by atoms with Crippen molar-refractivity contribution in [2.24, 2.45) is 0 Å². The van der Waals surface area contributed by atoms with Crippen molar-refractivity contribution in [3.05, 3.63) is 66.8 Å². The summed E-state index contributed by atoms with van der Waals surface area (Å²) >= 11 is 7.94. The summed E-state index contributed by atoms with van der Waals surface area (Å²) in [5, 5.41) is 10.3. The predicted molar refractivity (Wildman–Crippen MR) is 94.7 cm³/mol. The Kier molecular flexibility index (Phi) is 3.92. The topological polar surface area (TPSA) is 70.2 Å². The number of benzene rings is 2. The van der Waals surface area contributed by atoms with Gasteiger partial charge in [-0.3, -0.25) is 4.79 Å². The lowest BCUT2D eigenvalue weighted by molar-refractivity contribution is 0.0696. The minimum atomic E-state index is -1.26. The van der Waals surface area contributed by atoms with Crippen molar-refractivity contribution in [3.8, 4) is 11.3 Å². The lowest BCUT2D eigenvalue weighted by Gasteiger charge is -2.09. The summed E-state index contributed by atoms with van der Waals surface area (Å²) in [7, 11) is 0. The Balaban J connectivity index is 2.41. The monoisotopic (exact) mass is 425 g/mol. The zero-order chi connectivity index (χ0) is 15.9. The molecule has 6 heteroatoms. The van der Waals surface area contributed by atoms with Crippen LogP contribution >= 0.6 is 34.2 Å². The molecule has 0 radical (unpaired) electrons. The summed E-state index contributed by atoms with van der Waals surface area (Å²) in [6.07, 6.45) is 0. The van der Waals surface area contributed by atoms with Gasteiger partial charge in [-0.1, -0.05) is 23.7 Å². The first-order valence-corrected chi connectivity index (χ1v) is 7.78. The van der Waals surface area contributed by atoms with Gasteiger partial charge >= 0.3 is 5.97 Å². The Bertz CT molecular complexity index is 948. The number of carbonyl (C=O) groups is 1. The summed E-state index contributed by atoms with van der Waals surface area (Å²) in [5.41, 5.74) is 0.712. The number of hydrogen-bond donors (Lipinski definition) is 2. The SMILES string of the molecule is O=C(O)c1c(-c2ccc(Cl)cc2)[nH]c2ccc(I)cc2c1=O. The van der Waals surface area contributed by atoms with Crippen molar-refractivity contribution in [3.63, 3.8) is 0 Å². The average Bonchev–Trinajstić information content (AvgIpc) is 2.48. The second-order valence-electron chi connectivity index (χ2n) is 4.71. The molecule has 0 aliphatic rings. The fourth-order valence-electron chi connectivity index (χ4n) is 2.30. The standard InChI is InChI=1S/C16H9ClINO3/c17-9-3-1-8(2-4-9)14-13(16(21)22)15(20)11-7-10(18)5-6-12(11)19-14/h1-7H,(H,19,20)(H,21,22). The molecule has 0 aliphatic carbocycles. The van der Waals surface area contributed by atoms with Crippen LogP contribution in [-0.2, 0) is 0 Å². The van der Waals surface area contributed by atoms with E-state index in [1.165, 1.54) is 0 Å². The maximum atomic E-state index is 12.6. The molecule has 1 aromatic heterocycles. The fraction of sp³-hybridized carbons (Fsp3) is 0. The molecule has 1 heterocycles. The highest BCUT2D eigenvalue weighted by Gasteiger charge is 2.19. The van der Waals surface area contributed by atoms with E-state index in [-0.39, 0.29) is 11.3 Å². The number of aromatic amines is 1. The third-order valence-electron chi connectivity index (χ3n) is 3.31. The second kappa shape index (κ2) is 5.73. The third kappa shape index (κ3) is 2.62. The van der Waals surface area contributed by atoms with Crippen molar-refractivity contribution < 1.29 is 9.90 Å². The van der Waals surface area contributed by atoms with Gasteiger partial charge in [-0.25, -0.2) is 4.79 Å². The first kappa shape index (κ1) is 15.1. The maximum absolute atomic E-state index is 12.6. The Hall–Kier alpha value is -1.86. The molecule has 110 valence electrons. The summed E-state index contributed by atoms with van der Waals surface area (Å²) < 4.78 is 0.867. The van der Waals surface area contributed by atoms with E-state index in [0.717, 1.165) is 3.57 Å². The van der Waals surface area contributed by atoms with Crippen LogP contribution in [0.1, 0.15) is 10.4 Å². The zero-order valence-corrected chi connectivity index (χ0v) is 14.0. The van der Waals surface area contributed by atoms with Crippen LogP contribution in [0.25, 0.3) is 22.2 Å². The molecule has 0 spiro atoms. The molecule has 0 unspecified atom stereocenters. The smallest absolute Gasteiger partial charge is 0.341 e. The molecule has 0 bridgehead atoms. The van der Waals surface area contributed by atoms with Crippen LogP contribution in [0.15, 0.2) is 47.3 Å². The molecule has 3 aromatic rings. The Morgan fingerprint density at radius 2 is 1.82 bits per heavy atom. The van der Waals surface area contributed by atoms with Crippen LogP contribution in [0.2, 0.25) is 5.02 Å². The van der Waals surface area contributed by atoms with E-state index in [0.29, 0.717) is 21.5 Å².